The van der Waals surface area contributed by atoms with E-state index in [0.717, 1.165) is 49.5 Å². The number of amides is 2. The minimum atomic E-state index is -0.311. The molecule has 0 aliphatic carbocycles. The number of aryl methyl sites for hydroxylation is 1. The zero-order chi connectivity index (χ0) is 30.0. The van der Waals surface area contributed by atoms with Crippen molar-refractivity contribution in [3.63, 3.8) is 0 Å². The van der Waals surface area contributed by atoms with Gasteiger partial charge in [-0.2, -0.15) is 5.10 Å². The molecule has 0 saturated heterocycles. The summed E-state index contributed by atoms with van der Waals surface area (Å²) in [6.45, 7) is 12.9. The topological polar surface area (TPSA) is 98.4 Å². The van der Waals surface area contributed by atoms with Gasteiger partial charge in [0.05, 0.1) is 18.5 Å². The van der Waals surface area contributed by atoms with E-state index in [1.165, 1.54) is 0 Å². The van der Waals surface area contributed by atoms with Gasteiger partial charge in [-0.3, -0.25) is 9.72 Å². The molecule has 0 aliphatic rings. The number of anilines is 1. The van der Waals surface area contributed by atoms with E-state index in [9.17, 15) is 4.79 Å². The molecule has 0 aliphatic heterocycles. The fourth-order valence-corrected chi connectivity index (χ4v) is 5.55. The molecule has 3 aromatic heterocycles. The van der Waals surface area contributed by atoms with Gasteiger partial charge in [-0.15, -0.1) is 10.2 Å². The first-order valence-electron chi connectivity index (χ1n) is 13.9. The lowest BCUT2D eigenvalue weighted by molar-refractivity contribution is 0.251. The average molecular weight is 584 g/mol. The molecule has 218 valence electrons. The molecule has 0 saturated carbocycles. The molecule has 5 rings (SSSR count). The van der Waals surface area contributed by atoms with Gasteiger partial charge in [0.15, 0.2) is 5.65 Å². The Morgan fingerprint density at radius 1 is 1.05 bits per heavy atom. The van der Waals surface area contributed by atoms with Crippen LogP contribution >= 0.6 is 11.8 Å². The fourth-order valence-electron chi connectivity index (χ4n) is 4.58. The van der Waals surface area contributed by atoms with Gasteiger partial charge in [0.2, 0.25) is 0 Å². The molecule has 5 aromatic rings. The summed E-state index contributed by atoms with van der Waals surface area (Å²) in [6, 6.07) is 19.6. The van der Waals surface area contributed by atoms with E-state index >= 15 is 0 Å². The van der Waals surface area contributed by atoms with Crippen LogP contribution in [0.15, 0.2) is 76.7 Å². The van der Waals surface area contributed by atoms with Crippen LogP contribution in [0.3, 0.4) is 0 Å². The van der Waals surface area contributed by atoms with Gasteiger partial charge in [-0.05, 0) is 54.4 Å². The Hall–Kier alpha value is -4.31. The zero-order valence-electron chi connectivity index (χ0n) is 25.1. The number of hydrogen-bond acceptors (Lipinski definition) is 6. The molecule has 2 aromatic carbocycles. The SMILES string of the molecule is COc1ccc(-n2nc(C(C)(C)C)cc2NC(=O)NCc2ccccc2Sc2ccc3nnc(C(C)C)n3c2)cc1C. The molecular weight excluding hydrogens is 546 g/mol. The van der Waals surface area contributed by atoms with E-state index in [4.69, 9.17) is 9.84 Å². The second-order valence-corrected chi connectivity index (χ2v) is 12.7. The van der Waals surface area contributed by atoms with E-state index in [-0.39, 0.29) is 17.4 Å². The van der Waals surface area contributed by atoms with E-state index in [0.29, 0.717) is 12.4 Å². The number of carbonyl (C=O) groups excluding carboxylic acids is 1. The van der Waals surface area contributed by atoms with E-state index in [1.54, 1.807) is 23.6 Å². The van der Waals surface area contributed by atoms with Crippen molar-refractivity contribution in [2.75, 3.05) is 12.4 Å². The maximum Gasteiger partial charge on any atom is 0.320 e. The Bertz CT molecular complexity index is 1730. The standard InChI is InChI=1S/C32H37N7O2S/c1-20(2)30-36-35-28-15-13-24(19-38(28)30)42-26-11-9-8-10-22(26)18-33-31(40)34-29-17-27(32(4,5)6)37-39(29)23-12-14-25(41-7)21(3)16-23/h8-17,19-20H,18H2,1-7H3,(H2,33,34,40). The molecule has 0 radical (unpaired) electrons. The third-order valence-corrected chi connectivity index (χ3v) is 8.00. The summed E-state index contributed by atoms with van der Waals surface area (Å²) < 4.78 is 9.23. The molecular formula is C32H37N7O2S. The molecule has 42 heavy (non-hydrogen) atoms. The van der Waals surface area contributed by atoms with Crippen molar-refractivity contribution in [2.45, 2.75) is 69.2 Å². The maximum atomic E-state index is 13.2. The Kier molecular flexibility index (Phi) is 8.27. The van der Waals surface area contributed by atoms with Crippen LogP contribution in [0.5, 0.6) is 5.75 Å². The second kappa shape index (κ2) is 11.9. The summed E-state index contributed by atoms with van der Waals surface area (Å²) in [7, 11) is 1.65. The van der Waals surface area contributed by atoms with Gasteiger partial charge < -0.3 is 10.1 Å². The van der Waals surface area contributed by atoms with Crippen LogP contribution in [0.2, 0.25) is 0 Å². The normalized spacial score (nSPS) is 11.7. The number of pyridine rings is 1. The molecule has 2 N–H and O–H groups in total. The highest BCUT2D eigenvalue weighted by Crippen LogP contribution is 2.32. The molecule has 3 heterocycles. The van der Waals surface area contributed by atoms with Crippen molar-refractivity contribution in [1.29, 1.82) is 0 Å². The number of benzene rings is 2. The molecule has 0 atom stereocenters. The van der Waals surface area contributed by atoms with Gasteiger partial charge in [-0.25, -0.2) is 9.48 Å². The van der Waals surface area contributed by atoms with Crippen LogP contribution in [0, 0.1) is 6.92 Å². The second-order valence-electron chi connectivity index (χ2n) is 11.6. The lowest BCUT2D eigenvalue weighted by Gasteiger charge is -2.14. The van der Waals surface area contributed by atoms with Crippen LogP contribution in [0.1, 0.15) is 63.2 Å². The zero-order valence-corrected chi connectivity index (χ0v) is 25.9. The highest BCUT2D eigenvalue weighted by atomic mass is 32.2. The number of nitrogens with one attached hydrogen (secondary N) is 2. The lowest BCUT2D eigenvalue weighted by atomic mass is 9.92. The number of nitrogens with zero attached hydrogens (tertiary/aromatic N) is 5. The van der Waals surface area contributed by atoms with E-state index < -0.39 is 0 Å². The van der Waals surface area contributed by atoms with Gasteiger partial charge >= 0.3 is 6.03 Å². The monoisotopic (exact) mass is 583 g/mol. The minimum Gasteiger partial charge on any atom is -0.496 e. The summed E-state index contributed by atoms with van der Waals surface area (Å²) in [5, 5.41) is 19.5. The third-order valence-electron chi connectivity index (χ3n) is 6.90. The molecule has 0 bridgehead atoms. The quantitative estimate of drug-likeness (QED) is 0.202. The third kappa shape index (κ3) is 6.28. The Balaban J connectivity index is 1.33. The summed E-state index contributed by atoms with van der Waals surface area (Å²) in [5.41, 5.74) is 4.34. The van der Waals surface area contributed by atoms with Crippen LogP contribution in [-0.4, -0.2) is 37.5 Å². The van der Waals surface area contributed by atoms with Crippen LogP contribution in [0.4, 0.5) is 10.6 Å². The number of fused-ring (bicyclic) bond motifs is 1. The van der Waals surface area contributed by atoms with Crippen molar-refractivity contribution in [3.8, 4) is 11.4 Å². The van der Waals surface area contributed by atoms with Crippen LogP contribution in [0.25, 0.3) is 11.3 Å². The summed E-state index contributed by atoms with van der Waals surface area (Å²) in [5.74, 6) is 2.58. The fraction of sp³-hybridized carbons (Fsp3) is 0.312. The smallest absolute Gasteiger partial charge is 0.320 e. The first-order chi connectivity index (χ1) is 20.0. The van der Waals surface area contributed by atoms with Gasteiger partial charge in [0, 0.05) is 39.9 Å². The number of ether oxygens (including phenoxy) is 1. The van der Waals surface area contributed by atoms with Gasteiger partial charge in [0.1, 0.15) is 17.4 Å². The number of aromatic nitrogens is 5. The molecule has 9 nitrogen and oxygen atoms in total. The highest BCUT2D eigenvalue weighted by molar-refractivity contribution is 7.99. The molecule has 10 heteroatoms. The molecule has 0 unspecified atom stereocenters. The summed E-state index contributed by atoms with van der Waals surface area (Å²) in [4.78, 5) is 15.3. The highest BCUT2D eigenvalue weighted by Gasteiger charge is 2.22. The largest absolute Gasteiger partial charge is 0.496 e. The Morgan fingerprint density at radius 3 is 2.55 bits per heavy atom. The lowest BCUT2D eigenvalue weighted by Crippen LogP contribution is -2.29. The van der Waals surface area contributed by atoms with Crippen molar-refractivity contribution in [1.82, 2.24) is 29.7 Å². The molecule has 0 spiro atoms. The molecule has 2 amide bonds. The number of urea groups is 1. The number of rotatable bonds is 8. The summed E-state index contributed by atoms with van der Waals surface area (Å²) >= 11 is 1.65. The Morgan fingerprint density at radius 2 is 1.83 bits per heavy atom. The van der Waals surface area contributed by atoms with Crippen molar-refractivity contribution in [2.24, 2.45) is 0 Å². The summed E-state index contributed by atoms with van der Waals surface area (Å²) in [6.07, 6.45) is 2.07. The van der Waals surface area contributed by atoms with Gasteiger partial charge in [0.25, 0.3) is 0 Å². The average Bonchev–Trinajstić information content (AvgIpc) is 3.57. The molecule has 0 fully saturated rings. The number of carbonyl (C=O) groups is 1. The first kappa shape index (κ1) is 29.2. The predicted molar refractivity (Wildman–Crippen MR) is 167 cm³/mol. The number of hydrogen-bond donors (Lipinski definition) is 2. The number of methoxy groups -OCH3 is 1. The first-order valence-corrected chi connectivity index (χ1v) is 14.8. The van der Waals surface area contributed by atoms with E-state index in [1.807, 2.05) is 65.9 Å². The van der Waals surface area contributed by atoms with Gasteiger partial charge in [-0.1, -0.05) is 64.6 Å². The predicted octanol–water partition coefficient (Wildman–Crippen LogP) is 7.13. The van der Waals surface area contributed by atoms with Crippen molar-refractivity contribution < 1.29 is 9.53 Å². The Labute approximate surface area is 250 Å². The maximum absolute atomic E-state index is 13.2. The minimum absolute atomic E-state index is 0.193. The van der Waals surface area contributed by atoms with Crippen molar-refractivity contribution in [3.05, 3.63) is 89.5 Å². The van der Waals surface area contributed by atoms with Crippen LogP contribution < -0.4 is 15.4 Å². The van der Waals surface area contributed by atoms with Crippen molar-refractivity contribution >= 4 is 29.3 Å². The van der Waals surface area contributed by atoms with E-state index in [2.05, 4.69) is 67.7 Å². The van der Waals surface area contributed by atoms with Crippen LogP contribution in [-0.2, 0) is 12.0 Å².